The Morgan fingerprint density at radius 1 is 1.26 bits per heavy atom. The molecule has 0 bridgehead atoms. The first-order chi connectivity index (χ1) is 16.8. The maximum absolute atomic E-state index is 13.2. The van der Waals surface area contributed by atoms with Gasteiger partial charge < -0.3 is 10.6 Å². The van der Waals surface area contributed by atoms with Crippen LogP contribution in [0.3, 0.4) is 0 Å². The number of hydrogen-bond donors (Lipinski definition) is 2. The number of anilines is 2. The van der Waals surface area contributed by atoms with E-state index in [1.165, 1.54) is 5.56 Å². The predicted molar refractivity (Wildman–Crippen MR) is 140 cm³/mol. The van der Waals surface area contributed by atoms with E-state index in [2.05, 4.69) is 49.0 Å². The zero-order valence-corrected chi connectivity index (χ0v) is 20.9. The molecule has 35 heavy (non-hydrogen) atoms. The summed E-state index contributed by atoms with van der Waals surface area (Å²) in [6.45, 7) is 12.1. The van der Waals surface area contributed by atoms with Crippen molar-refractivity contribution in [2.75, 3.05) is 11.9 Å². The molecule has 0 radical (unpaired) electrons. The number of hydrogen-bond acceptors (Lipinski definition) is 6. The molecule has 1 aliphatic heterocycles. The van der Waals surface area contributed by atoms with E-state index in [4.69, 9.17) is 21.6 Å². The van der Waals surface area contributed by atoms with Gasteiger partial charge in [-0.05, 0) is 48.4 Å². The number of halogens is 1. The molecule has 180 valence electrons. The third kappa shape index (κ3) is 4.35. The Bertz CT molecular complexity index is 1500. The molecule has 0 unspecified atom stereocenters. The Labute approximate surface area is 208 Å². The number of nitrogens with zero attached hydrogens (tertiary/aromatic N) is 5. The predicted octanol–water partition coefficient (Wildman–Crippen LogP) is 4.50. The molecule has 1 aromatic carbocycles. The van der Waals surface area contributed by atoms with Gasteiger partial charge in [0.2, 0.25) is 5.95 Å². The van der Waals surface area contributed by atoms with Crippen LogP contribution in [0.25, 0.3) is 16.9 Å². The average molecular weight is 490 g/mol. The van der Waals surface area contributed by atoms with Crippen LogP contribution >= 0.6 is 11.6 Å². The second kappa shape index (κ2) is 8.94. The number of fused-ring (bicyclic) bond motifs is 2. The molecular formula is C26H28ClN7O. The van der Waals surface area contributed by atoms with Crippen LogP contribution in [0.4, 0.5) is 11.6 Å². The Balaban J connectivity index is 1.63. The van der Waals surface area contributed by atoms with E-state index in [1.54, 1.807) is 21.6 Å². The van der Waals surface area contributed by atoms with Gasteiger partial charge in [-0.3, -0.25) is 4.79 Å². The lowest BCUT2D eigenvalue weighted by molar-refractivity contribution is 0.554. The summed E-state index contributed by atoms with van der Waals surface area (Å²) in [5.74, 6) is 0.985. The molecule has 0 amide bonds. The highest BCUT2D eigenvalue weighted by Crippen LogP contribution is 2.29. The van der Waals surface area contributed by atoms with Gasteiger partial charge in [-0.2, -0.15) is 4.98 Å². The van der Waals surface area contributed by atoms with E-state index in [-0.39, 0.29) is 11.0 Å². The molecule has 4 heterocycles. The number of allylic oxidation sites excluding steroid dienone is 1. The fourth-order valence-corrected chi connectivity index (χ4v) is 4.63. The van der Waals surface area contributed by atoms with E-state index in [0.717, 1.165) is 36.5 Å². The van der Waals surface area contributed by atoms with Gasteiger partial charge in [-0.25, -0.2) is 19.3 Å². The summed E-state index contributed by atoms with van der Waals surface area (Å²) in [7, 11) is 0. The van der Waals surface area contributed by atoms with Crippen LogP contribution in [0.15, 0.2) is 54.0 Å². The number of benzene rings is 1. The minimum Gasteiger partial charge on any atom is -0.324 e. The second-order valence-electron chi connectivity index (χ2n) is 9.70. The second-order valence-corrected chi connectivity index (χ2v) is 10.1. The highest BCUT2D eigenvalue weighted by atomic mass is 35.5. The van der Waals surface area contributed by atoms with Crippen molar-refractivity contribution >= 4 is 34.3 Å². The van der Waals surface area contributed by atoms with E-state index in [1.807, 2.05) is 24.3 Å². The quantitative estimate of drug-likeness (QED) is 0.401. The summed E-state index contributed by atoms with van der Waals surface area (Å²) in [6.07, 6.45) is 4.14. The third-order valence-corrected chi connectivity index (χ3v) is 6.45. The van der Waals surface area contributed by atoms with Crippen LogP contribution in [0.2, 0.25) is 5.02 Å². The smallest absolute Gasteiger partial charge is 0.278 e. The summed E-state index contributed by atoms with van der Waals surface area (Å²) >= 11 is 6.54. The Morgan fingerprint density at radius 2 is 2.09 bits per heavy atom. The largest absolute Gasteiger partial charge is 0.324 e. The fourth-order valence-electron chi connectivity index (χ4n) is 4.32. The fraction of sp³-hybridized carbons (Fsp3) is 0.308. The molecule has 2 N–H and O–H groups in total. The van der Waals surface area contributed by atoms with E-state index in [9.17, 15) is 4.79 Å². The van der Waals surface area contributed by atoms with Crippen LogP contribution in [-0.2, 0) is 24.9 Å². The number of rotatable bonds is 5. The lowest BCUT2D eigenvalue weighted by Gasteiger charge is -2.20. The Hall–Kier alpha value is -3.49. The topological polar surface area (TPSA) is 89.7 Å². The molecule has 4 aromatic rings. The molecule has 8 nitrogen and oxygen atoms in total. The van der Waals surface area contributed by atoms with Crippen molar-refractivity contribution in [3.63, 3.8) is 0 Å². The van der Waals surface area contributed by atoms with Crippen molar-refractivity contribution < 1.29 is 0 Å². The molecular weight excluding hydrogens is 462 g/mol. The molecule has 9 heteroatoms. The lowest BCUT2D eigenvalue weighted by atomic mass is 9.92. The molecule has 0 spiro atoms. The van der Waals surface area contributed by atoms with E-state index >= 15 is 0 Å². The molecule has 0 saturated carbocycles. The first kappa shape index (κ1) is 23.3. The first-order valence-electron chi connectivity index (χ1n) is 11.6. The normalized spacial score (nSPS) is 13.6. The zero-order chi connectivity index (χ0) is 24.7. The van der Waals surface area contributed by atoms with Gasteiger partial charge >= 0.3 is 0 Å². The minimum absolute atomic E-state index is 0.147. The minimum atomic E-state index is -0.196. The average Bonchev–Trinajstić information content (AvgIpc) is 3.10. The van der Waals surface area contributed by atoms with E-state index < -0.39 is 0 Å². The first-order valence-corrected chi connectivity index (χ1v) is 12.0. The molecule has 1 aliphatic rings. The van der Waals surface area contributed by atoms with Crippen molar-refractivity contribution in [2.45, 2.75) is 45.7 Å². The summed E-state index contributed by atoms with van der Waals surface area (Å²) in [4.78, 5) is 27.2. The van der Waals surface area contributed by atoms with Gasteiger partial charge in [0.05, 0.1) is 6.54 Å². The standard InChI is InChI=1S/C26H28ClN7O/c1-5-11-33-24(35)19-15-29-25(30-17-12-16-9-10-28-14-18(16)20(27)13-17)32-23(19)34(33)22-8-6-7-21(31-22)26(2,3)4/h5-8,12-13,15,28H,1,9-11,14H2,2-4H3,(H,29,30,32). The zero-order valence-electron chi connectivity index (χ0n) is 20.1. The third-order valence-electron chi connectivity index (χ3n) is 6.11. The van der Waals surface area contributed by atoms with Crippen molar-refractivity contribution in [1.29, 1.82) is 0 Å². The van der Waals surface area contributed by atoms with E-state index in [0.29, 0.717) is 34.4 Å². The summed E-state index contributed by atoms with van der Waals surface area (Å²) < 4.78 is 3.32. The van der Waals surface area contributed by atoms with Crippen LogP contribution in [-0.4, -0.2) is 30.9 Å². The van der Waals surface area contributed by atoms with Crippen LogP contribution < -0.4 is 16.2 Å². The van der Waals surface area contributed by atoms with Gasteiger partial charge in [-0.15, -0.1) is 6.58 Å². The highest BCUT2D eigenvalue weighted by molar-refractivity contribution is 6.31. The maximum Gasteiger partial charge on any atom is 0.278 e. The van der Waals surface area contributed by atoms with Gasteiger partial charge in [0.1, 0.15) is 5.39 Å². The molecule has 0 atom stereocenters. The van der Waals surface area contributed by atoms with Crippen molar-refractivity contribution in [1.82, 2.24) is 29.6 Å². The van der Waals surface area contributed by atoms with Crippen LogP contribution in [0.1, 0.15) is 37.6 Å². The molecule has 5 rings (SSSR count). The molecule has 3 aromatic heterocycles. The maximum atomic E-state index is 13.2. The van der Waals surface area contributed by atoms with Gasteiger partial charge in [0.25, 0.3) is 5.56 Å². The number of pyridine rings is 1. The van der Waals surface area contributed by atoms with Crippen LogP contribution in [0, 0.1) is 0 Å². The SMILES string of the molecule is C=CCn1c(=O)c2cnc(Nc3cc(Cl)c4c(c3)CCNC4)nc2n1-c1cccc(C(C)(C)C)n1. The summed E-state index contributed by atoms with van der Waals surface area (Å²) in [6, 6.07) is 9.77. The molecule has 0 fully saturated rings. The van der Waals surface area contributed by atoms with Gasteiger partial charge in [0, 0.05) is 34.6 Å². The highest BCUT2D eigenvalue weighted by Gasteiger charge is 2.21. The van der Waals surface area contributed by atoms with Crippen LogP contribution in [0.5, 0.6) is 0 Å². The molecule has 0 aliphatic carbocycles. The van der Waals surface area contributed by atoms with Crippen molar-refractivity contribution in [2.24, 2.45) is 0 Å². The lowest BCUT2D eigenvalue weighted by Crippen LogP contribution is -2.24. The Kier molecular flexibility index (Phi) is 5.94. The van der Waals surface area contributed by atoms with Crippen molar-refractivity contribution in [3.05, 3.63) is 81.4 Å². The summed E-state index contributed by atoms with van der Waals surface area (Å²) in [5.41, 5.74) is 4.19. The molecule has 0 saturated heterocycles. The van der Waals surface area contributed by atoms with Gasteiger partial charge in [-0.1, -0.05) is 44.5 Å². The van der Waals surface area contributed by atoms with Crippen molar-refractivity contribution in [3.8, 4) is 5.82 Å². The Morgan fingerprint density at radius 3 is 2.86 bits per heavy atom. The van der Waals surface area contributed by atoms with Gasteiger partial charge in [0.15, 0.2) is 11.5 Å². The summed E-state index contributed by atoms with van der Waals surface area (Å²) in [5, 5.41) is 7.73. The number of aromatic nitrogens is 5. The number of nitrogens with one attached hydrogen (secondary N) is 2. The monoisotopic (exact) mass is 489 g/mol.